The summed E-state index contributed by atoms with van der Waals surface area (Å²) in [5.41, 5.74) is 1.42. The van der Waals surface area contributed by atoms with Crippen LogP contribution < -0.4 is 4.74 Å². The number of benzene rings is 2. The molecule has 0 spiro atoms. The molecule has 1 heterocycles. The van der Waals surface area contributed by atoms with Crippen molar-refractivity contribution in [2.75, 3.05) is 20.2 Å². The molecule has 3 rings (SSSR count). The van der Waals surface area contributed by atoms with E-state index in [1.165, 1.54) is 13.2 Å². The van der Waals surface area contributed by atoms with E-state index in [9.17, 15) is 13.5 Å². The minimum atomic E-state index is -3.42. The maximum Gasteiger partial charge on any atom is 0.243 e. The first kappa shape index (κ1) is 18.4. The summed E-state index contributed by atoms with van der Waals surface area (Å²) in [6.45, 7) is 1.18. The Labute approximate surface area is 153 Å². The summed E-state index contributed by atoms with van der Waals surface area (Å²) in [6, 6.07) is 11.5. The van der Waals surface area contributed by atoms with Crippen LogP contribution >= 0.6 is 0 Å². The second-order valence-corrected chi connectivity index (χ2v) is 8.09. The number of sulfonamides is 1. The van der Waals surface area contributed by atoms with Crippen molar-refractivity contribution in [1.29, 1.82) is 0 Å². The standard InChI is InChI=1S/C19H22N2O4S/c1-25-19-13-15(5-10-18(19)22)14-20-16-6-8-17(9-7-16)26(23,24)21-11-3-2-4-12-21/h5-10,13-14,22H,2-4,11-12H2,1H3. The SMILES string of the molecule is COc1cc(C=Nc2ccc(S(=O)(=O)N3CCCCC3)cc2)ccc1O. The third-order valence-electron chi connectivity index (χ3n) is 4.36. The first-order valence-corrected chi connectivity index (χ1v) is 9.96. The molecule has 1 aliphatic heterocycles. The number of hydrogen-bond acceptors (Lipinski definition) is 5. The van der Waals surface area contributed by atoms with Crippen molar-refractivity contribution in [2.24, 2.45) is 4.99 Å². The number of phenolic OH excluding ortho intramolecular Hbond substituents is 1. The van der Waals surface area contributed by atoms with Crippen LogP contribution in [0, 0.1) is 0 Å². The fraction of sp³-hybridized carbons (Fsp3) is 0.316. The van der Waals surface area contributed by atoms with Gasteiger partial charge in [0, 0.05) is 19.3 Å². The van der Waals surface area contributed by atoms with E-state index in [1.807, 2.05) is 0 Å². The smallest absolute Gasteiger partial charge is 0.243 e. The summed E-state index contributed by atoms with van der Waals surface area (Å²) >= 11 is 0. The summed E-state index contributed by atoms with van der Waals surface area (Å²) in [5.74, 6) is 0.439. The highest BCUT2D eigenvalue weighted by atomic mass is 32.2. The molecular formula is C19H22N2O4S. The average Bonchev–Trinajstić information content (AvgIpc) is 2.68. The minimum Gasteiger partial charge on any atom is -0.504 e. The fourth-order valence-corrected chi connectivity index (χ4v) is 4.40. The lowest BCUT2D eigenvalue weighted by atomic mass is 10.2. The lowest BCUT2D eigenvalue weighted by Gasteiger charge is -2.25. The fourth-order valence-electron chi connectivity index (χ4n) is 2.88. The van der Waals surface area contributed by atoms with Gasteiger partial charge in [0.2, 0.25) is 10.0 Å². The average molecular weight is 374 g/mol. The predicted molar refractivity (Wildman–Crippen MR) is 101 cm³/mol. The topological polar surface area (TPSA) is 79.2 Å². The van der Waals surface area contributed by atoms with Crippen LogP contribution in [0.25, 0.3) is 0 Å². The third kappa shape index (κ3) is 4.05. The predicted octanol–water partition coefficient (Wildman–Crippen LogP) is 3.33. The number of rotatable bonds is 5. The lowest BCUT2D eigenvalue weighted by molar-refractivity contribution is 0.346. The maximum atomic E-state index is 12.6. The van der Waals surface area contributed by atoms with Crippen molar-refractivity contribution in [3.05, 3.63) is 48.0 Å². The first-order valence-electron chi connectivity index (χ1n) is 8.52. The van der Waals surface area contributed by atoms with E-state index in [-0.39, 0.29) is 5.75 Å². The van der Waals surface area contributed by atoms with Crippen LogP contribution in [0.15, 0.2) is 52.4 Å². The molecule has 138 valence electrons. The van der Waals surface area contributed by atoms with Gasteiger partial charge < -0.3 is 9.84 Å². The van der Waals surface area contributed by atoms with Crippen LogP contribution in [-0.2, 0) is 10.0 Å². The zero-order chi connectivity index (χ0) is 18.6. The van der Waals surface area contributed by atoms with E-state index in [4.69, 9.17) is 4.74 Å². The zero-order valence-corrected chi connectivity index (χ0v) is 15.4. The van der Waals surface area contributed by atoms with Gasteiger partial charge >= 0.3 is 0 Å². The molecular weight excluding hydrogens is 352 g/mol. The van der Waals surface area contributed by atoms with E-state index in [0.29, 0.717) is 29.4 Å². The highest BCUT2D eigenvalue weighted by Crippen LogP contribution is 2.26. The van der Waals surface area contributed by atoms with E-state index >= 15 is 0 Å². The monoisotopic (exact) mass is 374 g/mol. The summed E-state index contributed by atoms with van der Waals surface area (Å²) in [7, 11) is -1.94. The summed E-state index contributed by atoms with van der Waals surface area (Å²) in [4.78, 5) is 4.64. The van der Waals surface area contributed by atoms with Crippen LogP contribution in [0.2, 0.25) is 0 Å². The molecule has 1 fully saturated rings. The maximum absolute atomic E-state index is 12.6. The van der Waals surface area contributed by atoms with Crippen molar-refractivity contribution < 1.29 is 18.3 Å². The molecule has 2 aromatic rings. The molecule has 0 amide bonds. The molecule has 1 aliphatic rings. The van der Waals surface area contributed by atoms with Crippen LogP contribution in [0.5, 0.6) is 11.5 Å². The Bertz CT molecular complexity index is 886. The number of methoxy groups -OCH3 is 1. The molecule has 0 aliphatic carbocycles. The Morgan fingerprint density at radius 1 is 1.08 bits per heavy atom. The molecule has 2 aromatic carbocycles. The number of aromatic hydroxyl groups is 1. The van der Waals surface area contributed by atoms with E-state index in [1.54, 1.807) is 46.9 Å². The minimum absolute atomic E-state index is 0.0666. The quantitative estimate of drug-likeness (QED) is 0.814. The van der Waals surface area contributed by atoms with Gasteiger partial charge in [0.15, 0.2) is 11.5 Å². The van der Waals surface area contributed by atoms with E-state index < -0.39 is 10.0 Å². The van der Waals surface area contributed by atoms with Gasteiger partial charge in [0.05, 0.1) is 17.7 Å². The molecule has 7 heteroatoms. The van der Waals surface area contributed by atoms with Gasteiger partial charge in [-0.1, -0.05) is 6.42 Å². The number of aliphatic imine (C=N–C) groups is 1. The third-order valence-corrected chi connectivity index (χ3v) is 6.27. The van der Waals surface area contributed by atoms with Crippen LogP contribution in [0.1, 0.15) is 24.8 Å². The number of ether oxygens (including phenoxy) is 1. The zero-order valence-electron chi connectivity index (χ0n) is 14.6. The van der Waals surface area contributed by atoms with Crippen molar-refractivity contribution in [2.45, 2.75) is 24.2 Å². The molecule has 6 nitrogen and oxygen atoms in total. The number of nitrogens with zero attached hydrogens (tertiary/aromatic N) is 2. The van der Waals surface area contributed by atoms with E-state index in [0.717, 1.165) is 24.8 Å². The molecule has 0 bridgehead atoms. The van der Waals surface area contributed by atoms with Gasteiger partial charge in [0.1, 0.15) is 0 Å². The Morgan fingerprint density at radius 2 is 1.77 bits per heavy atom. The summed E-state index contributed by atoms with van der Waals surface area (Å²) in [5, 5.41) is 9.60. The van der Waals surface area contributed by atoms with Gasteiger partial charge in [-0.15, -0.1) is 0 Å². The Balaban J connectivity index is 1.75. The molecule has 0 aromatic heterocycles. The normalized spacial score (nSPS) is 16.0. The largest absolute Gasteiger partial charge is 0.504 e. The van der Waals surface area contributed by atoms with Gasteiger partial charge in [-0.2, -0.15) is 4.31 Å². The van der Waals surface area contributed by atoms with Crippen LogP contribution in [0.4, 0.5) is 5.69 Å². The second kappa shape index (κ2) is 7.88. The molecule has 26 heavy (non-hydrogen) atoms. The van der Waals surface area contributed by atoms with Crippen LogP contribution in [-0.4, -0.2) is 44.2 Å². The summed E-state index contributed by atoms with van der Waals surface area (Å²) < 4.78 is 31.9. The highest BCUT2D eigenvalue weighted by Gasteiger charge is 2.25. The molecule has 0 saturated carbocycles. The van der Waals surface area contributed by atoms with Gasteiger partial charge in [-0.3, -0.25) is 4.99 Å². The van der Waals surface area contributed by atoms with Crippen molar-refractivity contribution in [3.8, 4) is 11.5 Å². The molecule has 0 radical (unpaired) electrons. The van der Waals surface area contributed by atoms with Gasteiger partial charge in [-0.05, 0) is 60.9 Å². The van der Waals surface area contributed by atoms with Gasteiger partial charge in [0.25, 0.3) is 0 Å². The van der Waals surface area contributed by atoms with Crippen molar-refractivity contribution in [3.63, 3.8) is 0 Å². The van der Waals surface area contributed by atoms with Crippen LogP contribution in [0.3, 0.4) is 0 Å². The highest BCUT2D eigenvalue weighted by molar-refractivity contribution is 7.89. The molecule has 1 N–H and O–H groups in total. The number of piperidine rings is 1. The number of phenols is 1. The molecule has 0 unspecified atom stereocenters. The number of hydrogen-bond donors (Lipinski definition) is 1. The Hall–Kier alpha value is -2.38. The Morgan fingerprint density at radius 3 is 2.42 bits per heavy atom. The van der Waals surface area contributed by atoms with E-state index in [2.05, 4.69) is 4.99 Å². The van der Waals surface area contributed by atoms with Gasteiger partial charge in [-0.25, -0.2) is 8.42 Å². The lowest BCUT2D eigenvalue weighted by Crippen LogP contribution is -2.35. The molecule has 0 atom stereocenters. The molecule has 1 saturated heterocycles. The van der Waals surface area contributed by atoms with Crippen molar-refractivity contribution >= 4 is 21.9 Å². The first-order chi connectivity index (χ1) is 12.5. The van der Waals surface area contributed by atoms with Crippen molar-refractivity contribution in [1.82, 2.24) is 4.31 Å². The summed E-state index contributed by atoms with van der Waals surface area (Å²) in [6.07, 6.45) is 4.55. The second-order valence-electron chi connectivity index (χ2n) is 6.15. The Kier molecular flexibility index (Phi) is 5.58.